The van der Waals surface area contributed by atoms with Gasteiger partial charge in [0.25, 0.3) is 0 Å². The zero-order valence-corrected chi connectivity index (χ0v) is 23.0. The number of ether oxygens (including phenoxy) is 2. The van der Waals surface area contributed by atoms with E-state index in [1.54, 1.807) is 28.7 Å². The lowest BCUT2D eigenvalue weighted by atomic mass is 10.0. The van der Waals surface area contributed by atoms with E-state index < -0.39 is 17.7 Å². The number of aryl methyl sites for hydroxylation is 2. The van der Waals surface area contributed by atoms with Gasteiger partial charge < -0.3 is 14.0 Å². The van der Waals surface area contributed by atoms with Crippen molar-refractivity contribution < 1.29 is 23.9 Å². The topological polar surface area (TPSA) is 79.0 Å². The summed E-state index contributed by atoms with van der Waals surface area (Å²) >= 11 is 3.40. The van der Waals surface area contributed by atoms with E-state index in [1.165, 1.54) is 14.2 Å². The summed E-state index contributed by atoms with van der Waals surface area (Å²) in [5, 5.41) is 0. The van der Waals surface area contributed by atoms with Crippen LogP contribution in [-0.4, -0.2) is 40.9 Å². The highest BCUT2D eigenvalue weighted by atomic mass is 79.9. The second kappa shape index (κ2) is 9.95. The highest BCUT2D eigenvalue weighted by Gasteiger charge is 2.36. The van der Waals surface area contributed by atoms with Crippen LogP contribution in [0, 0.1) is 13.8 Å². The quantitative estimate of drug-likeness (QED) is 0.181. The number of ketones is 1. The molecule has 0 radical (unpaired) electrons. The monoisotopic (exact) mass is 572 g/mol. The molecule has 0 amide bonds. The molecular weight excluding hydrogens is 548 g/mol. The Morgan fingerprint density at radius 1 is 0.789 bits per heavy atom. The minimum absolute atomic E-state index is 0.0118. The predicted octanol–water partition coefficient (Wildman–Crippen LogP) is 6.13. The standard InChI is InChI=1S/C30H25BrN2O5/c1-17-14-22-23(15-18(17)2)33-26(27(34)20-10-12-21(31)13-11-20)24(29(35)37-3)25(30(36)38-4)28(33)32(22)16-19-8-6-5-7-9-19/h5-15H,16H2,1-4H3. The number of hydrogen-bond donors (Lipinski definition) is 0. The van der Waals surface area contributed by atoms with Crippen LogP contribution in [0.5, 0.6) is 0 Å². The SMILES string of the molecule is COC(=O)c1c(C(=O)OC)c2n(Cc3ccccc3)c3cc(C)c(C)cc3n2c1C(=O)c1ccc(Br)cc1. The highest BCUT2D eigenvalue weighted by molar-refractivity contribution is 9.10. The minimum atomic E-state index is -0.794. The van der Waals surface area contributed by atoms with Gasteiger partial charge in [-0.1, -0.05) is 46.3 Å². The number of carbonyl (C=O) groups excluding carboxylic acids is 3. The van der Waals surface area contributed by atoms with Crippen molar-refractivity contribution >= 4 is 50.3 Å². The number of rotatable bonds is 6. The lowest BCUT2D eigenvalue weighted by molar-refractivity contribution is 0.0556. The Labute approximate surface area is 227 Å². The summed E-state index contributed by atoms with van der Waals surface area (Å²) in [6.45, 7) is 4.40. The molecule has 0 aliphatic heterocycles. The number of halogens is 1. The van der Waals surface area contributed by atoms with Gasteiger partial charge in [0, 0.05) is 16.6 Å². The molecule has 0 saturated carbocycles. The van der Waals surface area contributed by atoms with Crippen molar-refractivity contribution in [2.24, 2.45) is 0 Å². The Balaban J connectivity index is 1.98. The van der Waals surface area contributed by atoms with Gasteiger partial charge in [-0.15, -0.1) is 0 Å². The molecule has 192 valence electrons. The summed E-state index contributed by atoms with van der Waals surface area (Å²) < 4.78 is 14.7. The molecule has 0 bridgehead atoms. The molecule has 8 heteroatoms. The lowest BCUT2D eigenvalue weighted by Crippen LogP contribution is -2.16. The highest BCUT2D eigenvalue weighted by Crippen LogP contribution is 2.35. The van der Waals surface area contributed by atoms with Crippen LogP contribution >= 0.6 is 15.9 Å². The maximum atomic E-state index is 14.1. The Bertz CT molecular complexity index is 1730. The average Bonchev–Trinajstić information content (AvgIpc) is 3.41. The molecule has 0 aliphatic rings. The molecule has 0 fully saturated rings. The molecule has 3 aromatic carbocycles. The van der Waals surface area contributed by atoms with Gasteiger partial charge in [-0.2, -0.15) is 0 Å². The second-order valence-corrected chi connectivity index (χ2v) is 9.99. The van der Waals surface area contributed by atoms with Crippen molar-refractivity contribution in [2.45, 2.75) is 20.4 Å². The van der Waals surface area contributed by atoms with E-state index in [9.17, 15) is 14.4 Å². The molecule has 2 heterocycles. The predicted molar refractivity (Wildman–Crippen MR) is 148 cm³/mol. The van der Waals surface area contributed by atoms with E-state index in [1.807, 2.05) is 60.9 Å². The van der Waals surface area contributed by atoms with Crippen molar-refractivity contribution in [3.8, 4) is 0 Å². The first-order chi connectivity index (χ1) is 18.3. The summed E-state index contributed by atoms with van der Waals surface area (Å²) in [6.07, 6.45) is 0. The molecule has 0 atom stereocenters. The third-order valence-electron chi connectivity index (χ3n) is 6.81. The first kappa shape index (κ1) is 25.5. The van der Waals surface area contributed by atoms with Crippen LogP contribution < -0.4 is 0 Å². The molecule has 7 nitrogen and oxygen atoms in total. The summed E-state index contributed by atoms with van der Waals surface area (Å²) in [4.78, 5) is 40.7. The van der Waals surface area contributed by atoms with Gasteiger partial charge in [0.15, 0.2) is 0 Å². The van der Waals surface area contributed by atoms with Gasteiger partial charge in [0.2, 0.25) is 5.78 Å². The number of methoxy groups -OCH3 is 2. The minimum Gasteiger partial charge on any atom is -0.465 e. The number of benzene rings is 3. The molecule has 2 aromatic heterocycles. The van der Waals surface area contributed by atoms with E-state index in [-0.39, 0.29) is 16.8 Å². The van der Waals surface area contributed by atoms with E-state index in [0.29, 0.717) is 23.3 Å². The summed E-state index contributed by atoms with van der Waals surface area (Å²) in [5.41, 5.74) is 5.23. The maximum Gasteiger partial charge on any atom is 0.342 e. The maximum absolute atomic E-state index is 14.1. The third-order valence-corrected chi connectivity index (χ3v) is 7.34. The fraction of sp³-hybridized carbons (Fsp3) is 0.167. The van der Waals surface area contributed by atoms with Gasteiger partial charge in [0.1, 0.15) is 22.5 Å². The number of nitrogens with zero attached hydrogens (tertiary/aromatic N) is 2. The van der Waals surface area contributed by atoms with Crippen LogP contribution in [0.3, 0.4) is 0 Å². The van der Waals surface area contributed by atoms with Gasteiger partial charge >= 0.3 is 11.9 Å². The molecule has 0 saturated heterocycles. The van der Waals surface area contributed by atoms with Crippen LogP contribution in [0.1, 0.15) is 53.5 Å². The van der Waals surface area contributed by atoms with Gasteiger partial charge in [0.05, 0.1) is 25.3 Å². The lowest BCUT2D eigenvalue weighted by Gasteiger charge is -2.10. The number of imidazole rings is 1. The van der Waals surface area contributed by atoms with Gasteiger partial charge in [-0.05, 0) is 66.9 Å². The molecule has 0 spiro atoms. The van der Waals surface area contributed by atoms with Crippen LogP contribution in [0.15, 0.2) is 71.2 Å². The summed E-state index contributed by atoms with van der Waals surface area (Å²) in [7, 11) is 2.48. The molecule has 5 rings (SSSR count). The number of carbonyl (C=O) groups is 3. The van der Waals surface area contributed by atoms with Crippen LogP contribution in [0.25, 0.3) is 16.7 Å². The van der Waals surface area contributed by atoms with E-state index in [2.05, 4.69) is 15.9 Å². The molecular formula is C30H25BrN2O5. The summed E-state index contributed by atoms with van der Waals surface area (Å²) in [6, 6.07) is 20.6. The fourth-order valence-corrected chi connectivity index (χ4v) is 5.08. The van der Waals surface area contributed by atoms with Crippen molar-refractivity contribution in [3.05, 3.63) is 110 Å². The zero-order chi connectivity index (χ0) is 27.1. The fourth-order valence-electron chi connectivity index (χ4n) is 4.82. The van der Waals surface area contributed by atoms with Crippen molar-refractivity contribution in [2.75, 3.05) is 14.2 Å². The summed E-state index contributed by atoms with van der Waals surface area (Å²) in [5.74, 6) is -1.94. The zero-order valence-electron chi connectivity index (χ0n) is 21.4. The first-order valence-electron chi connectivity index (χ1n) is 12.0. The van der Waals surface area contributed by atoms with Gasteiger partial charge in [-0.3, -0.25) is 9.20 Å². The Morgan fingerprint density at radius 3 is 1.97 bits per heavy atom. The Morgan fingerprint density at radius 2 is 1.37 bits per heavy atom. The third kappa shape index (κ3) is 4.11. The van der Waals surface area contributed by atoms with E-state index >= 15 is 0 Å². The second-order valence-electron chi connectivity index (χ2n) is 9.07. The van der Waals surface area contributed by atoms with Crippen LogP contribution in [0.4, 0.5) is 0 Å². The van der Waals surface area contributed by atoms with E-state index in [4.69, 9.17) is 9.47 Å². The average molecular weight is 573 g/mol. The van der Waals surface area contributed by atoms with Crippen molar-refractivity contribution in [1.82, 2.24) is 8.97 Å². The largest absolute Gasteiger partial charge is 0.465 e. The number of aromatic nitrogens is 2. The number of esters is 2. The molecule has 0 N–H and O–H groups in total. The van der Waals surface area contributed by atoms with Crippen LogP contribution in [-0.2, 0) is 16.0 Å². The van der Waals surface area contributed by atoms with E-state index in [0.717, 1.165) is 26.7 Å². The molecule has 38 heavy (non-hydrogen) atoms. The Kier molecular flexibility index (Phi) is 6.67. The van der Waals surface area contributed by atoms with Gasteiger partial charge in [-0.25, -0.2) is 9.59 Å². The van der Waals surface area contributed by atoms with Crippen molar-refractivity contribution in [3.63, 3.8) is 0 Å². The van der Waals surface area contributed by atoms with Crippen molar-refractivity contribution in [1.29, 1.82) is 0 Å². The Hall–Kier alpha value is -4.17. The number of hydrogen-bond acceptors (Lipinski definition) is 5. The normalized spacial score (nSPS) is 11.2. The number of fused-ring (bicyclic) bond motifs is 3. The smallest absolute Gasteiger partial charge is 0.342 e. The molecule has 0 unspecified atom stereocenters. The molecule has 0 aliphatic carbocycles. The first-order valence-corrected chi connectivity index (χ1v) is 12.7. The van der Waals surface area contributed by atoms with Crippen LogP contribution in [0.2, 0.25) is 0 Å². The molecule has 5 aromatic rings.